The molecule has 0 spiro atoms. The van der Waals surface area contributed by atoms with E-state index >= 15 is 0 Å². The number of benzene rings is 2. The molecule has 0 aliphatic carbocycles. The van der Waals surface area contributed by atoms with E-state index in [4.69, 9.17) is 9.90 Å². The number of aliphatic carboxylic acids is 1. The average Bonchev–Trinajstić information content (AvgIpc) is 2.93. The Hall–Kier alpha value is -3.00. The number of hydrogen-bond acceptors (Lipinski definition) is 6. The highest BCUT2D eigenvalue weighted by Crippen LogP contribution is 2.27. The van der Waals surface area contributed by atoms with Crippen LogP contribution >= 0.6 is 0 Å². The third-order valence-corrected chi connectivity index (χ3v) is 9.19. The van der Waals surface area contributed by atoms with Crippen LogP contribution in [-0.4, -0.2) is 97.5 Å². The summed E-state index contributed by atoms with van der Waals surface area (Å²) in [6, 6.07) is 15.6. The number of carboxylic acids is 1. The first-order valence-electron chi connectivity index (χ1n) is 13.4. The number of carbonyl (C=O) groups excluding carboxylic acids is 1. The number of sulfonamides is 1. The second-order valence-electron chi connectivity index (χ2n) is 10.2. The molecule has 2 heterocycles. The molecule has 226 valence electrons. The monoisotopic (exact) mass is 598 g/mol. The molecule has 9 nitrogen and oxygen atoms in total. The highest BCUT2D eigenvalue weighted by molar-refractivity contribution is 7.89. The number of piperidine rings is 1. The van der Waals surface area contributed by atoms with Crippen LogP contribution in [0.1, 0.15) is 29.5 Å². The number of carboxylic acid groups (broad SMARTS) is 1. The molecule has 0 bridgehead atoms. The molecular weight excluding hydrogens is 561 g/mol. The van der Waals surface area contributed by atoms with Crippen molar-refractivity contribution in [3.8, 4) is 0 Å². The molecule has 2 aromatic rings. The van der Waals surface area contributed by atoms with Gasteiger partial charge < -0.3 is 15.3 Å². The smallest absolute Gasteiger partial charge is 0.475 e. The van der Waals surface area contributed by atoms with Crippen molar-refractivity contribution in [2.45, 2.75) is 50.3 Å². The van der Waals surface area contributed by atoms with Gasteiger partial charge in [0.05, 0.1) is 11.4 Å². The zero-order valence-corrected chi connectivity index (χ0v) is 24.0. The Morgan fingerprint density at radius 3 is 2.12 bits per heavy atom. The zero-order chi connectivity index (χ0) is 30.2. The van der Waals surface area contributed by atoms with Gasteiger partial charge in [-0.1, -0.05) is 48.0 Å². The number of nitrogens with one attached hydrogen (secondary N) is 1. The van der Waals surface area contributed by atoms with Gasteiger partial charge in [0.1, 0.15) is 0 Å². The van der Waals surface area contributed by atoms with Crippen LogP contribution in [-0.2, 0) is 26.2 Å². The van der Waals surface area contributed by atoms with Crippen LogP contribution in [0.25, 0.3) is 0 Å². The maximum absolute atomic E-state index is 13.9. The summed E-state index contributed by atoms with van der Waals surface area (Å²) in [7, 11) is -3.81. The summed E-state index contributed by atoms with van der Waals surface area (Å²) in [5, 5.41) is 10.4. The van der Waals surface area contributed by atoms with Gasteiger partial charge in [0, 0.05) is 51.9 Å². The van der Waals surface area contributed by atoms with Gasteiger partial charge in [-0.05, 0) is 43.9 Å². The number of amides is 1. The topological polar surface area (TPSA) is 110 Å². The van der Waals surface area contributed by atoms with Gasteiger partial charge in [0.15, 0.2) is 0 Å². The lowest BCUT2D eigenvalue weighted by Crippen LogP contribution is -2.53. The number of likely N-dealkylation sites (tertiary alicyclic amines) is 1. The minimum Gasteiger partial charge on any atom is -0.475 e. The molecule has 1 amide bonds. The molecule has 0 radical (unpaired) electrons. The van der Waals surface area contributed by atoms with Crippen molar-refractivity contribution in [1.82, 2.24) is 19.4 Å². The lowest BCUT2D eigenvalue weighted by atomic mass is 10.0. The van der Waals surface area contributed by atoms with Crippen molar-refractivity contribution >= 4 is 21.9 Å². The average molecular weight is 599 g/mol. The Morgan fingerprint density at radius 1 is 1.00 bits per heavy atom. The Balaban J connectivity index is 0.000000587. The molecule has 0 saturated carbocycles. The van der Waals surface area contributed by atoms with Crippen molar-refractivity contribution in [2.75, 3.05) is 45.8 Å². The molecule has 0 aromatic heterocycles. The molecule has 0 atom stereocenters. The highest BCUT2D eigenvalue weighted by atomic mass is 32.2. The van der Waals surface area contributed by atoms with Crippen molar-refractivity contribution in [3.05, 3.63) is 65.2 Å². The number of hydrogen-bond donors (Lipinski definition) is 2. The third-order valence-electron chi connectivity index (χ3n) is 7.13. The summed E-state index contributed by atoms with van der Waals surface area (Å²) in [6.45, 7) is 8.88. The number of piperazine rings is 1. The number of carbonyl (C=O) groups is 2. The van der Waals surface area contributed by atoms with E-state index in [0.717, 1.165) is 43.9 Å². The van der Waals surface area contributed by atoms with Crippen LogP contribution in [0.3, 0.4) is 0 Å². The first-order chi connectivity index (χ1) is 19.3. The van der Waals surface area contributed by atoms with Gasteiger partial charge in [-0.15, -0.1) is 0 Å². The molecule has 2 aromatic carbocycles. The fourth-order valence-electron chi connectivity index (χ4n) is 4.98. The molecular formula is C28H37F3N4O5S. The second-order valence-corrected chi connectivity index (χ2v) is 12.1. The van der Waals surface area contributed by atoms with Gasteiger partial charge in [-0.2, -0.15) is 17.5 Å². The van der Waals surface area contributed by atoms with E-state index in [9.17, 15) is 26.4 Å². The van der Waals surface area contributed by atoms with Crippen LogP contribution < -0.4 is 5.32 Å². The van der Waals surface area contributed by atoms with Gasteiger partial charge in [-0.25, -0.2) is 13.2 Å². The lowest BCUT2D eigenvalue weighted by molar-refractivity contribution is -0.192. The summed E-state index contributed by atoms with van der Waals surface area (Å²) in [4.78, 5) is 26.5. The zero-order valence-electron chi connectivity index (χ0n) is 23.2. The Morgan fingerprint density at radius 2 is 1.59 bits per heavy atom. The molecule has 13 heteroatoms. The molecule has 41 heavy (non-hydrogen) atoms. The van der Waals surface area contributed by atoms with E-state index in [0.29, 0.717) is 30.8 Å². The van der Waals surface area contributed by atoms with E-state index < -0.39 is 22.2 Å². The quantitative estimate of drug-likeness (QED) is 0.504. The number of nitrogens with zero attached hydrogens (tertiary/aromatic N) is 3. The maximum Gasteiger partial charge on any atom is 0.490 e. The number of alkyl halides is 3. The van der Waals surface area contributed by atoms with Gasteiger partial charge in [0.2, 0.25) is 15.9 Å². The van der Waals surface area contributed by atoms with Crippen molar-refractivity contribution in [2.24, 2.45) is 0 Å². The van der Waals surface area contributed by atoms with Crippen molar-refractivity contribution in [3.63, 3.8) is 0 Å². The molecule has 2 fully saturated rings. The van der Waals surface area contributed by atoms with E-state index in [1.54, 1.807) is 11.0 Å². The van der Waals surface area contributed by atoms with Crippen molar-refractivity contribution < 1.29 is 36.3 Å². The molecule has 2 aliphatic rings. The van der Waals surface area contributed by atoms with Crippen LogP contribution in [0.15, 0.2) is 53.4 Å². The van der Waals surface area contributed by atoms with E-state index in [1.807, 2.05) is 44.2 Å². The number of rotatable bonds is 7. The Bertz CT molecular complexity index is 1280. The molecule has 0 unspecified atom stereocenters. The summed E-state index contributed by atoms with van der Waals surface area (Å²) in [6.07, 6.45) is -3.66. The Kier molecular flexibility index (Phi) is 11.3. The first kappa shape index (κ1) is 32.5. The SMILES string of the molecule is Cc1ccc(S(=O)(=O)N(CC(=O)N2CCNCC2)C2CCN(Cc3ccccc3)CC2)c(C)c1.O=C(O)C(F)(F)F. The normalized spacial score (nSPS) is 17.2. The van der Waals surface area contributed by atoms with Crippen molar-refractivity contribution in [1.29, 1.82) is 0 Å². The summed E-state index contributed by atoms with van der Waals surface area (Å²) in [5.41, 5.74) is 3.00. The van der Waals surface area contributed by atoms with E-state index in [1.165, 1.54) is 9.87 Å². The molecule has 2 N–H and O–H groups in total. The summed E-state index contributed by atoms with van der Waals surface area (Å²) in [5.74, 6) is -2.87. The molecule has 2 aliphatic heterocycles. The fraction of sp³-hybridized carbons (Fsp3) is 0.500. The summed E-state index contributed by atoms with van der Waals surface area (Å²) >= 11 is 0. The third kappa shape index (κ3) is 9.25. The predicted molar refractivity (Wildman–Crippen MR) is 148 cm³/mol. The van der Waals surface area contributed by atoms with Gasteiger partial charge in [0.25, 0.3) is 0 Å². The molecule has 2 saturated heterocycles. The van der Waals surface area contributed by atoms with Gasteiger partial charge in [-0.3, -0.25) is 9.69 Å². The minimum atomic E-state index is -5.08. The fourth-order valence-corrected chi connectivity index (χ4v) is 6.82. The van der Waals surface area contributed by atoms with Crippen LogP contribution in [0, 0.1) is 13.8 Å². The molecule has 4 rings (SSSR count). The van der Waals surface area contributed by atoms with Crippen LogP contribution in [0.2, 0.25) is 0 Å². The van der Waals surface area contributed by atoms with Crippen LogP contribution in [0.5, 0.6) is 0 Å². The van der Waals surface area contributed by atoms with E-state index in [2.05, 4.69) is 22.3 Å². The largest absolute Gasteiger partial charge is 0.490 e. The lowest BCUT2D eigenvalue weighted by Gasteiger charge is -2.39. The number of aryl methyl sites for hydroxylation is 2. The minimum absolute atomic E-state index is 0.0982. The van der Waals surface area contributed by atoms with E-state index in [-0.39, 0.29) is 18.5 Å². The Labute approximate surface area is 239 Å². The maximum atomic E-state index is 13.9. The van der Waals surface area contributed by atoms with Crippen LogP contribution in [0.4, 0.5) is 13.2 Å². The first-order valence-corrected chi connectivity index (χ1v) is 14.9. The predicted octanol–water partition coefficient (Wildman–Crippen LogP) is 3.02. The second kappa shape index (κ2) is 14.3. The van der Waals surface area contributed by atoms with Gasteiger partial charge >= 0.3 is 12.1 Å². The summed E-state index contributed by atoms with van der Waals surface area (Å²) < 4.78 is 61.0. The number of halogens is 3. The highest BCUT2D eigenvalue weighted by Gasteiger charge is 2.38. The standard InChI is InChI=1S/C26H36N4O3S.C2HF3O2/c1-21-8-9-25(22(2)18-21)34(32,33)30(20-26(31)29-16-12-27-13-17-29)24-10-14-28(15-11-24)19-23-6-4-3-5-7-23;3-2(4,5)1(6)7/h3-9,18,24,27H,10-17,19-20H2,1-2H3;(H,6,7).